The van der Waals surface area contributed by atoms with E-state index in [0.29, 0.717) is 17.1 Å². The Morgan fingerprint density at radius 2 is 1.97 bits per heavy atom. The third kappa shape index (κ3) is 4.00. The number of carbonyl (C=O) groups is 1. The summed E-state index contributed by atoms with van der Waals surface area (Å²) in [5.74, 6) is -0.456. The summed E-state index contributed by atoms with van der Waals surface area (Å²) < 4.78 is 40.0. The zero-order chi connectivity index (χ0) is 23.9. The highest BCUT2D eigenvalue weighted by atomic mass is 19.4. The largest absolute Gasteiger partial charge is 0.408 e. The third-order valence-electron chi connectivity index (χ3n) is 5.28. The summed E-state index contributed by atoms with van der Waals surface area (Å²) in [6.45, 7) is 0.888. The van der Waals surface area contributed by atoms with Crippen LogP contribution in [0.15, 0.2) is 61.4 Å². The molecule has 34 heavy (non-hydrogen) atoms. The zero-order valence-corrected chi connectivity index (χ0v) is 17.6. The topological polar surface area (TPSA) is 113 Å². The molecule has 0 fully saturated rings. The van der Waals surface area contributed by atoms with Gasteiger partial charge in [-0.1, -0.05) is 0 Å². The number of rotatable bonds is 5. The van der Waals surface area contributed by atoms with E-state index >= 15 is 0 Å². The number of H-pyrrole nitrogens is 1. The second-order valence-electron chi connectivity index (χ2n) is 7.56. The minimum absolute atomic E-state index is 0.0397. The molecule has 0 saturated heterocycles. The summed E-state index contributed by atoms with van der Waals surface area (Å²) in [6.07, 6.45) is 5.05. The van der Waals surface area contributed by atoms with Crippen molar-refractivity contribution in [3.63, 3.8) is 0 Å². The lowest BCUT2D eigenvalue weighted by Gasteiger charge is -2.16. The first-order chi connectivity index (χ1) is 16.3. The van der Waals surface area contributed by atoms with Gasteiger partial charge >= 0.3 is 6.18 Å². The fourth-order valence-corrected chi connectivity index (χ4v) is 3.45. The van der Waals surface area contributed by atoms with Gasteiger partial charge in [0, 0.05) is 47.6 Å². The molecule has 0 spiro atoms. The van der Waals surface area contributed by atoms with Gasteiger partial charge in [0.05, 0.1) is 17.3 Å². The van der Waals surface area contributed by atoms with Crippen LogP contribution >= 0.6 is 0 Å². The van der Waals surface area contributed by atoms with Crippen molar-refractivity contribution in [2.75, 3.05) is 5.32 Å². The van der Waals surface area contributed by atoms with Crippen molar-refractivity contribution >= 4 is 34.1 Å². The minimum Gasteiger partial charge on any atom is -0.345 e. The Kier molecular flexibility index (Phi) is 5.11. The summed E-state index contributed by atoms with van der Waals surface area (Å²) in [5, 5.41) is 9.88. The van der Waals surface area contributed by atoms with E-state index in [2.05, 4.69) is 30.4 Å². The van der Waals surface area contributed by atoms with Crippen LogP contribution in [0.2, 0.25) is 0 Å². The predicted molar refractivity (Wildman–Crippen MR) is 119 cm³/mol. The van der Waals surface area contributed by atoms with Gasteiger partial charge in [-0.2, -0.15) is 23.3 Å². The van der Waals surface area contributed by atoms with Crippen molar-refractivity contribution in [3.8, 4) is 11.1 Å². The first-order valence-corrected chi connectivity index (χ1v) is 10.2. The van der Waals surface area contributed by atoms with Crippen LogP contribution in [0, 0.1) is 0 Å². The summed E-state index contributed by atoms with van der Waals surface area (Å²) in [5.41, 5.74) is 3.28. The van der Waals surface area contributed by atoms with Gasteiger partial charge in [0.15, 0.2) is 0 Å². The molecular weight excluding hydrogens is 449 g/mol. The Bertz CT molecular complexity index is 1490. The monoisotopic (exact) mass is 466 g/mol. The number of aromatic nitrogens is 6. The number of hydrogen-bond acceptors (Lipinski definition) is 6. The number of carbonyl (C=O) groups excluding carboxylic acids is 1. The fraction of sp³-hybridized carbons (Fsp3) is 0.136. The van der Waals surface area contributed by atoms with Crippen LogP contribution in [-0.4, -0.2) is 47.7 Å². The molecule has 5 rings (SSSR count). The molecule has 3 N–H and O–H groups in total. The lowest BCUT2D eigenvalue weighted by molar-refractivity contribution is -0.149. The molecule has 5 aromatic rings. The number of nitrogens with one attached hydrogen (secondary N) is 3. The number of aromatic amines is 1. The number of anilines is 2. The van der Waals surface area contributed by atoms with Gasteiger partial charge in [0.2, 0.25) is 5.95 Å². The molecule has 0 radical (unpaired) electrons. The van der Waals surface area contributed by atoms with E-state index in [1.165, 1.54) is 10.7 Å². The molecule has 172 valence electrons. The van der Waals surface area contributed by atoms with Crippen molar-refractivity contribution in [3.05, 3.63) is 67.0 Å². The van der Waals surface area contributed by atoms with Crippen molar-refractivity contribution < 1.29 is 18.0 Å². The van der Waals surface area contributed by atoms with Crippen LogP contribution in [0.1, 0.15) is 17.3 Å². The van der Waals surface area contributed by atoms with Gasteiger partial charge in [0.25, 0.3) is 5.91 Å². The van der Waals surface area contributed by atoms with E-state index in [0.717, 1.165) is 29.1 Å². The molecule has 0 aliphatic rings. The highest BCUT2D eigenvalue weighted by Gasteiger charge is 2.37. The Balaban J connectivity index is 1.46. The molecule has 9 nitrogen and oxygen atoms in total. The number of amides is 1. The van der Waals surface area contributed by atoms with E-state index in [4.69, 9.17) is 0 Å². The van der Waals surface area contributed by atoms with Gasteiger partial charge < -0.3 is 15.6 Å². The van der Waals surface area contributed by atoms with Gasteiger partial charge in [-0.15, -0.1) is 0 Å². The Labute approximate surface area is 190 Å². The average Bonchev–Trinajstić information content (AvgIpc) is 3.42. The Morgan fingerprint density at radius 3 is 2.74 bits per heavy atom. The maximum absolute atomic E-state index is 12.9. The molecule has 0 aromatic carbocycles. The summed E-state index contributed by atoms with van der Waals surface area (Å²) in [4.78, 5) is 28.4. The molecule has 0 unspecified atom stereocenters. The van der Waals surface area contributed by atoms with Crippen molar-refractivity contribution in [2.24, 2.45) is 0 Å². The molecule has 12 heteroatoms. The molecule has 1 atom stereocenters. The molecule has 5 aromatic heterocycles. The molecule has 1 amide bonds. The average molecular weight is 466 g/mol. The van der Waals surface area contributed by atoms with Crippen LogP contribution in [0.4, 0.5) is 24.8 Å². The maximum Gasteiger partial charge on any atom is 0.408 e. The number of hydrogen-bond donors (Lipinski definition) is 3. The predicted octanol–water partition coefficient (Wildman–Crippen LogP) is 4.09. The normalized spacial score (nSPS) is 12.7. The lowest BCUT2D eigenvalue weighted by Crippen LogP contribution is -2.43. The highest BCUT2D eigenvalue weighted by Crippen LogP contribution is 2.30. The van der Waals surface area contributed by atoms with Crippen LogP contribution in [0.3, 0.4) is 0 Å². The van der Waals surface area contributed by atoms with E-state index in [9.17, 15) is 18.0 Å². The molecule has 0 aliphatic heterocycles. The number of pyridine rings is 2. The smallest absolute Gasteiger partial charge is 0.345 e. The number of halogens is 3. The van der Waals surface area contributed by atoms with E-state index in [1.54, 1.807) is 55.2 Å². The maximum atomic E-state index is 12.9. The minimum atomic E-state index is -4.54. The van der Waals surface area contributed by atoms with Crippen LogP contribution < -0.4 is 10.6 Å². The summed E-state index contributed by atoms with van der Waals surface area (Å²) in [7, 11) is 0. The van der Waals surface area contributed by atoms with Crippen molar-refractivity contribution in [1.82, 2.24) is 34.9 Å². The van der Waals surface area contributed by atoms with Gasteiger partial charge in [-0.3, -0.25) is 9.78 Å². The molecule has 0 bridgehead atoms. The molecular formula is C22H17F3N8O. The summed E-state index contributed by atoms with van der Waals surface area (Å²) >= 11 is 0. The Morgan fingerprint density at radius 1 is 1.18 bits per heavy atom. The van der Waals surface area contributed by atoms with E-state index in [1.807, 2.05) is 5.32 Å². The van der Waals surface area contributed by atoms with Crippen LogP contribution in [-0.2, 0) is 0 Å². The second-order valence-corrected chi connectivity index (χ2v) is 7.56. The molecule has 5 heterocycles. The first-order valence-electron chi connectivity index (χ1n) is 10.2. The SMILES string of the molecule is C[C@@H](NC(=O)c1cnn2ccc(-c3c[nH]c4nc(Nc5ccncc5)ncc34)cc12)C(F)(F)F. The number of nitrogens with zero attached hydrogens (tertiary/aromatic N) is 5. The lowest BCUT2D eigenvalue weighted by atomic mass is 10.1. The quantitative estimate of drug-likeness (QED) is 0.360. The Hall–Kier alpha value is -4.48. The van der Waals surface area contributed by atoms with Crippen molar-refractivity contribution in [2.45, 2.75) is 19.1 Å². The third-order valence-corrected chi connectivity index (χ3v) is 5.28. The van der Waals surface area contributed by atoms with Gasteiger partial charge in [-0.25, -0.2) is 9.50 Å². The van der Waals surface area contributed by atoms with Crippen LogP contribution in [0.25, 0.3) is 27.7 Å². The van der Waals surface area contributed by atoms with Crippen LogP contribution in [0.5, 0.6) is 0 Å². The number of fused-ring (bicyclic) bond motifs is 2. The highest BCUT2D eigenvalue weighted by molar-refractivity contribution is 6.02. The second kappa shape index (κ2) is 8.14. The zero-order valence-electron chi connectivity index (χ0n) is 17.6. The van der Waals surface area contributed by atoms with E-state index in [-0.39, 0.29) is 5.56 Å². The first kappa shape index (κ1) is 21.4. The fourth-order valence-electron chi connectivity index (χ4n) is 3.45. The summed E-state index contributed by atoms with van der Waals surface area (Å²) in [6, 6.07) is 5.06. The van der Waals surface area contributed by atoms with Gasteiger partial charge in [-0.05, 0) is 36.8 Å². The van der Waals surface area contributed by atoms with Gasteiger partial charge in [0.1, 0.15) is 11.7 Å². The van der Waals surface area contributed by atoms with Crippen molar-refractivity contribution in [1.29, 1.82) is 0 Å². The number of alkyl halides is 3. The standard InChI is InChI=1S/C22H17F3N8O/c1-12(22(23,24)25)30-20(34)17-11-29-33-7-4-13(8-18(17)33)15-9-27-19-16(15)10-28-21(32-19)31-14-2-5-26-6-3-14/h2-12H,1H3,(H,30,34)(H2,26,27,28,31,32)/t12-/m1/s1. The molecule has 0 saturated carbocycles. The molecule has 0 aliphatic carbocycles. The van der Waals surface area contributed by atoms with E-state index < -0.39 is 18.1 Å².